The van der Waals surface area contributed by atoms with Gasteiger partial charge in [0.2, 0.25) is 0 Å². The Morgan fingerprint density at radius 2 is 1.71 bits per heavy atom. The Morgan fingerprint density at radius 3 is 2.46 bits per heavy atom. The number of rotatable bonds is 3. The Balaban J connectivity index is 1.77. The highest BCUT2D eigenvalue weighted by Gasteiger charge is 2.44. The summed E-state index contributed by atoms with van der Waals surface area (Å²) < 4.78 is 3.35. The van der Waals surface area contributed by atoms with Gasteiger partial charge in [-0.2, -0.15) is 5.26 Å². The van der Waals surface area contributed by atoms with Crippen LogP contribution in [0.4, 0.5) is 0 Å². The predicted molar refractivity (Wildman–Crippen MR) is 113 cm³/mol. The van der Waals surface area contributed by atoms with Crippen molar-refractivity contribution in [3.05, 3.63) is 112 Å². The van der Waals surface area contributed by atoms with Crippen molar-refractivity contribution in [1.29, 1.82) is 5.26 Å². The summed E-state index contributed by atoms with van der Waals surface area (Å²) >= 11 is 3.56. The second-order valence-electron chi connectivity index (χ2n) is 7.02. The number of benzene rings is 3. The minimum absolute atomic E-state index is 0.378. The number of hydrogen-bond acceptors (Lipinski definition) is 2. The molecule has 1 aliphatic rings. The molecule has 4 aromatic rings. The number of fused-ring (bicyclic) bond motifs is 3. The van der Waals surface area contributed by atoms with Gasteiger partial charge < -0.3 is 4.57 Å². The summed E-state index contributed by atoms with van der Waals surface area (Å²) in [5, 5.41) is 9.13. The van der Waals surface area contributed by atoms with E-state index in [0.29, 0.717) is 5.56 Å². The van der Waals surface area contributed by atoms with Gasteiger partial charge in [-0.15, -0.1) is 0 Å². The highest BCUT2D eigenvalue weighted by molar-refractivity contribution is 9.10. The van der Waals surface area contributed by atoms with E-state index in [9.17, 15) is 0 Å². The molecule has 0 saturated heterocycles. The second-order valence-corrected chi connectivity index (χ2v) is 7.93. The quantitative estimate of drug-likeness (QED) is 0.432. The maximum atomic E-state index is 9.13. The van der Waals surface area contributed by atoms with Gasteiger partial charge in [-0.25, -0.2) is 4.98 Å². The van der Waals surface area contributed by atoms with Crippen molar-refractivity contribution >= 4 is 15.9 Å². The smallest absolute Gasteiger partial charge is 0.141 e. The van der Waals surface area contributed by atoms with Crippen molar-refractivity contribution < 1.29 is 0 Å². The first-order valence-corrected chi connectivity index (χ1v) is 9.90. The van der Waals surface area contributed by atoms with Crippen LogP contribution in [-0.2, 0) is 12.0 Å². The Labute approximate surface area is 172 Å². The summed E-state index contributed by atoms with van der Waals surface area (Å²) in [6.07, 6.45) is 4.72. The molecular formula is C24H16BrN3. The highest BCUT2D eigenvalue weighted by atomic mass is 79.9. The molecule has 0 saturated carbocycles. The van der Waals surface area contributed by atoms with Gasteiger partial charge in [0.05, 0.1) is 11.6 Å². The topological polar surface area (TPSA) is 41.6 Å². The Kier molecular flexibility index (Phi) is 3.92. The molecule has 5 rings (SSSR count). The van der Waals surface area contributed by atoms with Crippen LogP contribution in [0.5, 0.6) is 0 Å². The van der Waals surface area contributed by atoms with Crippen LogP contribution in [-0.4, -0.2) is 9.55 Å². The van der Waals surface area contributed by atoms with E-state index in [4.69, 9.17) is 5.26 Å². The lowest BCUT2D eigenvalue weighted by atomic mass is 9.78. The van der Waals surface area contributed by atoms with Crippen LogP contribution in [0.25, 0.3) is 11.4 Å². The minimum atomic E-state index is -0.378. The number of hydrogen-bond donors (Lipinski definition) is 0. The molecule has 3 aromatic carbocycles. The maximum Gasteiger partial charge on any atom is 0.141 e. The van der Waals surface area contributed by atoms with Gasteiger partial charge in [-0.05, 0) is 41.0 Å². The van der Waals surface area contributed by atoms with Crippen molar-refractivity contribution in [1.82, 2.24) is 9.55 Å². The number of halogens is 1. The SMILES string of the molecule is N#Cc1ccc(CC2(c3ccc(Br)cc3)c3ccccc3-c3nccn32)cc1. The molecule has 1 aromatic heterocycles. The number of nitriles is 1. The molecule has 0 N–H and O–H groups in total. The van der Waals surface area contributed by atoms with E-state index >= 15 is 0 Å². The minimum Gasteiger partial charge on any atom is -0.316 e. The molecular weight excluding hydrogens is 410 g/mol. The van der Waals surface area contributed by atoms with E-state index < -0.39 is 0 Å². The van der Waals surface area contributed by atoms with Gasteiger partial charge in [0.1, 0.15) is 11.4 Å². The molecule has 3 nitrogen and oxygen atoms in total. The van der Waals surface area contributed by atoms with Crippen LogP contribution in [0.15, 0.2) is 89.7 Å². The normalized spacial score (nSPS) is 17.0. The zero-order chi connectivity index (χ0) is 19.1. The first-order chi connectivity index (χ1) is 13.7. The van der Waals surface area contributed by atoms with Crippen LogP contribution in [0.1, 0.15) is 22.3 Å². The van der Waals surface area contributed by atoms with Crippen molar-refractivity contribution in [3.63, 3.8) is 0 Å². The Hall–Kier alpha value is -3.16. The van der Waals surface area contributed by atoms with E-state index in [1.54, 1.807) is 0 Å². The van der Waals surface area contributed by atoms with Crippen molar-refractivity contribution in [2.24, 2.45) is 0 Å². The molecule has 0 aliphatic carbocycles. The molecule has 0 bridgehead atoms. The molecule has 134 valence electrons. The van der Waals surface area contributed by atoms with Crippen LogP contribution >= 0.6 is 15.9 Å². The van der Waals surface area contributed by atoms with Crippen LogP contribution < -0.4 is 0 Å². The number of imidazole rings is 1. The van der Waals surface area contributed by atoms with Crippen molar-refractivity contribution in [2.45, 2.75) is 12.0 Å². The average molecular weight is 426 g/mol. The molecule has 0 amide bonds. The molecule has 0 radical (unpaired) electrons. The highest BCUT2D eigenvalue weighted by Crippen LogP contribution is 2.48. The van der Waals surface area contributed by atoms with E-state index in [1.807, 2.05) is 18.3 Å². The van der Waals surface area contributed by atoms with E-state index in [-0.39, 0.29) is 5.54 Å². The molecule has 0 spiro atoms. The lowest BCUT2D eigenvalue weighted by molar-refractivity contribution is 0.450. The van der Waals surface area contributed by atoms with Crippen LogP contribution in [0.3, 0.4) is 0 Å². The summed E-state index contributed by atoms with van der Waals surface area (Å²) in [5.74, 6) is 0.993. The first-order valence-electron chi connectivity index (χ1n) is 9.11. The van der Waals surface area contributed by atoms with Gasteiger partial charge in [-0.3, -0.25) is 0 Å². The summed E-state index contributed by atoms with van der Waals surface area (Å²) in [6, 6.07) is 27.1. The maximum absolute atomic E-state index is 9.13. The fourth-order valence-electron chi connectivity index (χ4n) is 4.27. The number of nitrogens with zero attached hydrogens (tertiary/aromatic N) is 3. The third-order valence-corrected chi connectivity index (χ3v) is 6.06. The van der Waals surface area contributed by atoms with Gasteiger partial charge in [0.15, 0.2) is 0 Å². The first kappa shape index (κ1) is 17.0. The fraction of sp³-hybridized carbons (Fsp3) is 0.0833. The lowest BCUT2D eigenvalue weighted by Gasteiger charge is -2.34. The van der Waals surface area contributed by atoms with E-state index in [1.165, 1.54) is 22.3 Å². The van der Waals surface area contributed by atoms with Gasteiger partial charge in [0, 0.05) is 28.9 Å². The molecule has 4 heteroatoms. The molecule has 0 fully saturated rings. The summed E-state index contributed by atoms with van der Waals surface area (Å²) in [6.45, 7) is 0. The van der Waals surface area contributed by atoms with E-state index in [2.05, 4.69) is 98.4 Å². The molecule has 28 heavy (non-hydrogen) atoms. The molecule has 2 heterocycles. The summed E-state index contributed by atoms with van der Waals surface area (Å²) in [7, 11) is 0. The van der Waals surface area contributed by atoms with Gasteiger partial charge in [-0.1, -0.05) is 64.5 Å². The average Bonchev–Trinajstić information content (AvgIpc) is 3.32. The van der Waals surface area contributed by atoms with Gasteiger partial charge in [0.25, 0.3) is 0 Å². The Morgan fingerprint density at radius 1 is 0.964 bits per heavy atom. The van der Waals surface area contributed by atoms with Crippen molar-refractivity contribution in [3.8, 4) is 17.5 Å². The lowest BCUT2D eigenvalue weighted by Crippen LogP contribution is -2.35. The third kappa shape index (κ3) is 2.44. The summed E-state index contributed by atoms with van der Waals surface area (Å²) in [4.78, 5) is 4.66. The molecule has 1 atom stereocenters. The van der Waals surface area contributed by atoms with Crippen LogP contribution in [0, 0.1) is 11.3 Å². The monoisotopic (exact) mass is 425 g/mol. The van der Waals surface area contributed by atoms with Gasteiger partial charge >= 0.3 is 0 Å². The largest absolute Gasteiger partial charge is 0.316 e. The third-order valence-electron chi connectivity index (χ3n) is 5.53. The van der Waals surface area contributed by atoms with Crippen LogP contribution in [0.2, 0.25) is 0 Å². The predicted octanol–water partition coefficient (Wildman–Crippen LogP) is 5.53. The fourth-order valence-corrected chi connectivity index (χ4v) is 4.54. The zero-order valence-corrected chi connectivity index (χ0v) is 16.6. The van der Waals surface area contributed by atoms with Crippen molar-refractivity contribution in [2.75, 3.05) is 0 Å². The Bertz CT molecular complexity index is 1200. The second kappa shape index (κ2) is 6.47. The van der Waals surface area contributed by atoms with E-state index in [0.717, 1.165) is 16.7 Å². The molecule has 1 unspecified atom stereocenters. The number of aromatic nitrogens is 2. The standard InChI is InChI=1S/C24H16BrN3/c25-20-11-9-19(10-12-20)24(15-17-5-7-18(16-26)8-6-17)22-4-2-1-3-21(22)23-27-13-14-28(23)24/h1-14H,15H2. The summed E-state index contributed by atoms with van der Waals surface area (Å²) in [5.41, 5.74) is 5.12. The zero-order valence-electron chi connectivity index (χ0n) is 15.0. The molecule has 1 aliphatic heterocycles.